The predicted octanol–water partition coefficient (Wildman–Crippen LogP) is 4.05. The number of pyridine rings is 1. The summed E-state index contributed by atoms with van der Waals surface area (Å²) in [5, 5.41) is 17.4. The highest BCUT2D eigenvalue weighted by atomic mass is 35.5. The molecule has 2 heterocycles. The Balaban J connectivity index is 1.97. The highest BCUT2D eigenvalue weighted by molar-refractivity contribution is 6.31. The molecule has 0 aliphatic rings. The molecule has 0 aliphatic heterocycles. The Bertz CT molecular complexity index is 945. The number of hydrogen-bond acceptors (Lipinski definition) is 5. The van der Waals surface area contributed by atoms with Gasteiger partial charge in [0.15, 0.2) is 5.82 Å². The maximum Gasteiger partial charge on any atom is 0.153 e. The molecule has 25 heavy (non-hydrogen) atoms. The molecule has 7 heteroatoms. The second-order valence-corrected chi connectivity index (χ2v) is 5.86. The van der Waals surface area contributed by atoms with Gasteiger partial charge in [0.2, 0.25) is 0 Å². The number of nitriles is 1. The molecule has 6 nitrogen and oxygen atoms in total. The average molecular weight is 354 g/mol. The van der Waals surface area contributed by atoms with Gasteiger partial charge < -0.3 is 10.1 Å². The van der Waals surface area contributed by atoms with Crippen LogP contribution in [0, 0.1) is 18.3 Å². The van der Waals surface area contributed by atoms with Crippen molar-refractivity contribution in [2.75, 3.05) is 12.4 Å². The minimum atomic E-state index is 0.245. The summed E-state index contributed by atoms with van der Waals surface area (Å²) in [7, 11) is 1.58. The zero-order valence-corrected chi connectivity index (χ0v) is 14.6. The van der Waals surface area contributed by atoms with E-state index in [4.69, 9.17) is 21.6 Å². The molecule has 0 fully saturated rings. The Hall–Kier alpha value is -3.04. The lowest BCUT2D eigenvalue weighted by molar-refractivity contribution is 0.415. The van der Waals surface area contributed by atoms with Gasteiger partial charge in [-0.1, -0.05) is 11.6 Å². The zero-order valence-electron chi connectivity index (χ0n) is 13.8. The number of halogens is 1. The number of methoxy groups -OCH3 is 1. The second-order valence-electron chi connectivity index (χ2n) is 5.43. The molecule has 0 aliphatic carbocycles. The van der Waals surface area contributed by atoms with Crippen LogP contribution in [0.4, 0.5) is 11.5 Å². The number of benzene rings is 1. The van der Waals surface area contributed by atoms with Crippen molar-refractivity contribution < 1.29 is 4.74 Å². The highest BCUT2D eigenvalue weighted by Gasteiger charge is 2.11. The van der Waals surface area contributed by atoms with Crippen molar-refractivity contribution in [2.24, 2.45) is 0 Å². The van der Waals surface area contributed by atoms with Crippen LogP contribution in [0.25, 0.3) is 5.69 Å². The minimum Gasteiger partial charge on any atom is -0.497 e. The Kier molecular flexibility index (Phi) is 4.87. The van der Waals surface area contributed by atoms with E-state index in [1.54, 1.807) is 30.1 Å². The zero-order chi connectivity index (χ0) is 17.8. The van der Waals surface area contributed by atoms with Crippen molar-refractivity contribution in [3.05, 3.63) is 59.0 Å². The summed E-state index contributed by atoms with van der Waals surface area (Å²) in [4.78, 5) is 4.19. The van der Waals surface area contributed by atoms with E-state index in [1.165, 1.54) is 0 Å². The first-order chi connectivity index (χ1) is 12.1. The van der Waals surface area contributed by atoms with Crippen LogP contribution in [-0.2, 0) is 6.42 Å². The van der Waals surface area contributed by atoms with Gasteiger partial charge in [0.05, 0.1) is 31.0 Å². The lowest BCUT2D eigenvalue weighted by Gasteiger charge is -2.07. The molecule has 3 rings (SSSR count). The van der Waals surface area contributed by atoms with E-state index < -0.39 is 0 Å². The lowest BCUT2D eigenvalue weighted by atomic mass is 10.2. The summed E-state index contributed by atoms with van der Waals surface area (Å²) in [6.45, 7) is 1.91. The quantitative estimate of drug-likeness (QED) is 0.748. The second kappa shape index (κ2) is 7.24. The highest BCUT2D eigenvalue weighted by Crippen LogP contribution is 2.27. The van der Waals surface area contributed by atoms with Crippen molar-refractivity contribution in [3.63, 3.8) is 0 Å². The Morgan fingerprint density at radius 3 is 2.84 bits per heavy atom. The molecular formula is C18H16ClN5O. The Labute approximate surface area is 150 Å². The molecule has 0 atom stereocenters. The first-order valence-corrected chi connectivity index (χ1v) is 7.97. The molecule has 0 radical (unpaired) electrons. The smallest absolute Gasteiger partial charge is 0.153 e. The summed E-state index contributed by atoms with van der Waals surface area (Å²) in [6, 6.07) is 13.1. The van der Waals surface area contributed by atoms with E-state index in [-0.39, 0.29) is 6.42 Å². The fourth-order valence-corrected chi connectivity index (χ4v) is 2.70. The molecule has 1 aromatic carbocycles. The topological polar surface area (TPSA) is 75.8 Å². The van der Waals surface area contributed by atoms with Gasteiger partial charge in [0.25, 0.3) is 0 Å². The van der Waals surface area contributed by atoms with Crippen LogP contribution in [0.15, 0.2) is 42.6 Å². The number of aromatic nitrogens is 3. The number of rotatable bonds is 5. The number of ether oxygens (including phenoxy) is 1. The fourth-order valence-electron chi connectivity index (χ4n) is 2.47. The molecule has 126 valence electrons. The summed E-state index contributed by atoms with van der Waals surface area (Å²) in [5.41, 5.74) is 3.27. The van der Waals surface area contributed by atoms with Gasteiger partial charge in [-0.3, -0.25) is 4.98 Å². The first-order valence-electron chi connectivity index (χ1n) is 7.59. The van der Waals surface area contributed by atoms with Crippen LogP contribution in [0.5, 0.6) is 5.75 Å². The molecule has 2 aromatic heterocycles. The van der Waals surface area contributed by atoms with Gasteiger partial charge in [-0.15, -0.1) is 5.10 Å². The van der Waals surface area contributed by atoms with Gasteiger partial charge in [-0.25, -0.2) is 4.68 Å². The largest absolute Gasteiger partial charge is 0.497 e. The van der Waals surface area contributed by atoms with Gasteiger partial charge in [-0.05, 0) is 31.2 Å². The number of nitrogens with one attached hydrogen (secondary N) is 1. The van der Waals surface area contributed by atoms with Crippen LogP contribution < -0.4 is 10.1 Å². The van der Waals surface area contributed by atoms with E-state index >= 15 is 0 Å². The summed E-state index contributed by atoms with van der Waals surface area (Å²) in [6.07, 6.45) is 1.96. The molecule has 0 saturated heterocycles. The number of hydrogen-bond donors (Lipinski definition) is 1. The van der Waals surface area contributed by atoms with E-state index in [2.05, 4.69) is 21.5 Å². The van der Waals surface area contributed by atoms with Crippen molar-refractivity contribution in [1.82, 2.24) is 14.8 Å². The van der Waals surface area contributed by atoms with Crippen molar-refractivity contribution in [2.45, 2.75) is 13.3 Å². The first kappa shape index (κ1) is 16.8. The van der Waals surface area contributed by atoms with Crippen molar-refractivity contribution >= 4 is 23.1 Å². The molecule has 0 unspecified atom stereocenters. The molecule has 0 spiro atoms. The SMILES string of the molecule is COc1cc(Cl)cc(Nc2cc(CC#N)n(-c3ccnc(C)c3)n2)c1. The lowest BCUT2D eigenvalue weighted by Crippen LogP contribution is -2.03. The van der Waals surface area contributed by atoms with Crippen molar-refractivity contribution in [3.8, 4) is 17.5 Å². The molecule has 0 bridgehead atoms. The summed E-state index contributed by atoms with van der Waals surface area (Å²) in [5.74, 6) is 1.26. The number of aryl methyl sites for hydroxylation is 1. The van der Waals surface area contributed by atoms with Crippen LogP contribution in [0.2, 0.25) is 5.02 Å². The Morgan fingerprint density at radius 2 is 2.12 bits per heavy atom. The van der Waals surface area contributed by atoms with Crippen molar-refractivity contribution in [1.29, 1.82) is 5.26 Å². The normalized spacial score (nSPS) is 10.3. The summed E-state index contributed by atoms with van der Waals surface area (Å²) >= 11 is 6.10. The third kappa shape index (κ3) is 3.90. The number of nitrogens with zero attached hydrogens (tertiary/aromatic N) is 4. The van der Waals surface area contributed by atoms with Gasteiger partial charge in [0.1, 0.15) is 5.75 Å². The van der Waals surface area contributed by atoms with Gasteiger partial charge in [-0.2, -0.15) is 5.26 Å². The fraction of sp³-hybridized carbons (Fsp3) is 0.167. The maximum absolute atomic E-state index is 9.09. The molecule has 1 N–H and O–H groups in total. The van der Waals surface area contributed by atoms with E-state index in [1.807, 2.05) is 31.2 Å². The van der Waals surface area contributed by atoms with E-state index in [0.717, 1.165) is 22.8 Å². The molecule has 3 aromatic rings. The summed E-state index contributed by atoms with van der Waals surface area (Å²) < 4.78 is 6.96. The molecule has 0 amide bonds. The van der Waals surface area contributed by atoms with Gasteiger partial charge in [0, 0.05) is 34.7 Å². The number of anilines is 2. The standard InChI is InChI=1S/C18H16ClN5O/c1-12-7-16(4-6-21-12)24-15(3-5-20)11-18(23-24)22-14-8-13(19)9-17(10-14)25-2/h4,6-11H,3H2,1-2H3,(H,22,23). The minimum absolute atomic E-state index is 0.245. The van der Waals surface area contributed by atoms with Crippen LogP contribution in [0.3, 0.4) is 0 Å². The van der Waals surface area contributed by atoms with Crippen LogP contribution >= 0.6 is 11.6 Å². The predicted molar refractivity (Wildman–Crippen MR) is 96.7 cm³/mol. The molecule has 0 saturated carbocycles. The monoisotopic (exact) mass is 353 g/mol. The Morgan fingerprint density at radius 1 is 1.28 bits per heavy atom. The van der Waals surface area contributed by atoms with Crippen LogP contribution in [-0.4, -0.2) is 21.9 Å². The average Bonchev–Trinajstić information content (AvgIpc) is 2.97. The van der Waals surface area contributed by atoms with Gasteiger partial charge >= 0.3 is 0 Å². The third-order valence-electron chi connectivity index (χ3n) is 3.55. The maximum atomic E-state index is 9.09. The van der Waals surface area contributed by atoms with Crippen LogP contribution in [0.1, 0.15) is 11.4 Å². The van der Waals surface area contributed by atoms with E-state index in [0.29, 0.717) is 16.6 Å². The third-order valence-corrected chi connectivity index (χ3v) is 3.77. The molecular weight excluding hydrogens is 338 g/mol. The van der Waals surface area contributed by atoms with E-state index in [9.17, 15) is 0 Å².